The first-order chi connectivity index (χ1) is 10.1. The van der Waals surface area contributed by atoms with E-state index in [1.165, 1.54) is 17.2 Å². The maximum atomic E-state index is 13.3. The van der Waals surface area contributed by atoms with Crippen molar-refractivity contribution >= 4 is 11.6 Å². The predicted octanol–water partition coefficient (Wildman–Crippen LogP) is 4.67. The standard InChI is InChI=1S/C18H19ClFN/c19-16-11-12(8-9-17(16)20)10-14-6-3-5-13-4-1-2-7-15(13)18(14)21/h1-2,4,7-9,11,14,18H,3,5-6,10,21H2. The van der Waals surface area contributed by atoms with E-state index in [0.29, 0.717) is 5.92 Å². The Morgan fingerprint density at radius 3 is 2.81 bits per heavy atom. The van der Waals surface area contributed by atoms with Crippen LogP contribution >= 0.6 is 11.6 Å². The smallest absolute Gasteiger partial charge is 0.141 e. The lowest BCUT2D eigenvalue weighted by atomic mass is 9.86. The summed E-state index contributed by atoms with van der Waals surface area (Å²) in [7, 11) is 0. The van der Waals surface area contributed by atoms with Crippen LogP contribution in [0.25, 0.3) is 0 Å². The van der Waals surface area contributed by atoms with E-state index in [4.69, 9.17) is 17.3 Å². The molecule has 2 atom stereocenters. The van der Waals surface area contributed by atoms with Crippen molar-refractivity contribution in [1.82, 2.24) is 0 Å². The molecule has 3 rings (SSSR count). The van der Waals surface area contributed by atoms with Crippen molar-refractivity contribution in [2.75, 3.05) is 0 Å². The molecule has 0 saturated heterocycles. The van der Waals surface area contributed by atoms with Gasteiger partial charge in [-0.15, -0.1) is 0 Å². The van der Waals surface area contributed by atoms with Gasteiger partial charge in [0, 0.05) is 6.04 Å². The molecule has 0 saturated carbocycles. The van der Waals surface area contributed by atoms with Crippen molar-refractivity contribution in [3.63, 3.8) is 0 Å². The van der Waals surface area contributed by atoms with Gasteiger partial charge in [0.15, 0.2) is 0 Å². The molecule has 0 heterocycles. The third-order valence-corrected chi connectivity index (χ3v) is 4.71. The Morgan fingerprint density at radius 2 is 2.00 bits per heavy atom. The summed E-state index contributed by atoms with van der Waals surface area (Å²) in [6, 6.07) is 13.4. The van der Waals surface area contributed by atoms with Crippen LogP contribution in [0.2, 0.25) is 5.02 Å². The van der Waals surface area contributed by atoms with Crippen LogP contribution in [-0.2, 0) is 12.8 Å². The quantitative estimate of drug-likeness (QED) is 0.801. The molecule has 2 unspecified atom stereocenters. The topological polar surface area (TPSA) is 26.0 Å². The highest BCUT2D eigenvalue weighted by atomic mass is 35.5. The number of hydrogen-bond donors (Lipinski definition) is 1. The monoisotopic (exact) mass is 303 g/mol. The molecule has 1 nitrogen and oxygen atoms in total. The van der Waals surface area contributed by atoms with Crippen LogP contribution in [0.15, 0.2) is 42.5 Å². The number of benzene rings is 2. The highest BCUT2D eigenvalue weighted by Crippen LogP contribution is 2.34. The largest absolute Gasteiger partial charge is 0.324 e. The van der Waals surface area contributed by atoms with E-state index >= 15 is 0 Å². The molecule has 2 aromatic carbocycles. The lowest BCUT2D eigenvalue weighted by Gasteiger charge is -2.23. The van der Waals surface area contributed by atoms with Gasteiger partial charge in [-0.3, -0.25) is 0 Å². The molecule has 2 aromatic rings. The lowest BCUT2D eigenvalue weighted by Crippen LogP contribution is -2.22. The normalized spacial score (nSPS) is 21.7. The van der Waals surface area contributed by atoms with Crippen molar-refractivity contribution in [1.29, 1.82) is 0 Å². The van der Waals surface area contributed by atoms with Crippen molar-refractivity contribution < 1.29 is 4.39 Å². The van der Waals surface area contributed by atoms with Gasteiger partial charge in [0.25, 0.3) is 0 Å². The Bertz CT molecular complexity index is 641. The number of halogens is 2. The van der Waals surface area contributed by atoms with E-state index < -0.39 is 0 Å². The van der Waals surface area contributed by atoms with Crippen LogP contribution in [0.5, 0.6) is 0 Å². The average molecular weight is 304 g/mol. The third-order valence-electron chi connectivity index (χ3n) is 4.43. The van der Waals surface area contributed by atoms with E-state index in [1.807, 2.05) is 6.07 Å². The molecule has 0 aliphatic heterocycles. The first-order valence-electron chi connectivity index (χ1n) is 7.42. The first kappa shape index (κ1) is 14.6. The van der Waals surface area contributed by atoms with Crippen LogP contribution < -0.4 is 5.73 Å². The average Bonchev–Trinajstić information content (AvgIpc) is 2.64. The van der Waals surface area contributed by atoms with Gasteiger partial charge in [0.05, 0.1) is 5.02 Å². The number of aryl methyl sites for hydroxylation is 1. The zero-order chi connectivity index (χ0) is 14.8. The van der Waals surface area contributed by atoms with Gasteiger partial charge < -0.3 is 5.73 Å². The summed E-state index contributed by atoms with van der Waals surface area (Å²) in [6.07, 6.45) is 4.16. The number of hydrogen-bond acceptors (Lipinski definition) is 1. The molecule has 2 N–H and O–H groups in total. The molecule has 1 aliphatic carbocycles. The fourth-order valence-corrected chi connectivity index (χ4v) is 3.48. The van der Waals surface area contributed by atoms with Gasteiger partial charge in [0.2, 0.25) is 0 Å². The Hall–Kier alpha value is -1.38. The maximum Gasteiger partial charge on any atom is 0.141 e. The zero-order valence-corrected chi connectivity index (χ0v) is 12.6. The van der Waals surface area contributed by atoms with Gasteiger partial charge in [-0.1, -0.05) is 41.9 Å². The minimum Gasteiger partial charge on any atom is -0.324 e. The number of fused-ring (bicyclic) bond motifs is 1. The van der Waals surface area contributed by atoms with Gasteiger partial charge in [-0.05, 0) is 60.4 Å². The molecular weight excluding hydrogens is 285 g/mol. The summed E-state index contributed by atoms with van der Waals surface area (Å²) in [5.74, 6) is 0.00565. The second-order valence-electron chi connectivity index (χ2n) is 5.83. The maximum absolute atomic E-state index is 13.3. The molecule has 3 heteroatoms. The summed E-state index contributed by atoms with van der Waals surface area (Å²) in [5, 5.41) is 0.190. The molecule has 0 aromatic heterocycles. The summed E-state index contributed by atoms with van der Waals surface area (Å²) >= 11 is 5.87. The number of rotatable bonds is 2. The van der Waals surface area contributed by atoms with Crippen molar-refractivity contribution in [2.24, 2.45) is 11.7 Å². The molecule has 0 radical (unpaired) electrons. The summed E-state index contributed by atoms with van der Waals surface area (Å²) in [5.41, 5.74) is 10.2. The highest BCUT2D eigenvalue weighted by molar-refractivity contribution is 6.30. The van der Waals surface area contributed by atoms with E-state index in [9.17, 15) is 4.39 Å². The third kappa shape index (κ3) is 3.12. The Kier molecular flexibility index (Phi) is 4.27. The molecule has 21 heavy (non-hydrogen) atoms. The van der Waals surface area contributed by atoms with Crippen LogP contribution in [-0.4, -0.2) is 0 Å². The fraction of sp³-hybridized carbons (Fsp3) is 0.333. The first-order valence-corrected chi connectivity index (χ1v) is 7.80. The van der Waals surface area contributed by atoms with Crippen LogP contribution in [0.1, 0.15) is 35.6 Å². The lowest BCUT2D eigenvalue weighted by molar-refractivity contribution is 0.402. The molecule has 1 aliphatic rings. The van der Waals surface area contributed by atoms with E-state index in [-0.39, 0.29) is 16.9 Å². The van der Waals surface area contributed by atoms with Gasteiger partial charge >= 0.3 is 0 Å². The Morgan fingerprint density at radius 1 is 1.19 bits per heavy atom. The van der Waals surface area contributed by atoms with E-state index in [1.54, 1.807) is 6.07 Å². The summed E-state index contributed by atoms with van der Waals surface area (Å²) in [6.45, 7) is 0. The van der Waals surface area contributed by atoms with Crippen molar-refractivity contribution in [3.05, 3.63) is 70.0 Å². The minimum atomic E-state index is -0.365. The van der Waals surface area contributed by atoms with Gasteiger partial charge in [-0.2, -0.15) is 0 Å². The Labute approximate surface area is 129 Å². The number of nitrogens with two attached hydrogens (primary N) is 1. The van der Waals surface area contributed by atoms with Crippen molar-refractivity contribution in [3.8, 4) is 0 Å². The summed E-state index contributed by atoms with van der Waals surface area (Å²) in [4.78, 5) is 0. The highest BCUT2D eigenvalue weighted by Gasteiger charge is 2.24. The van der Waals surface area contributed by atoms with E-state index in [2.05, 4.69) is 24.3 Å². The van der Waals surface area contributed by atoms with Crippen LogP contribution in [0, 0.1) is 11.7 Å². The molecule has 0 bridgehead atoms. The molecule has 0 amide bonds. The fourth-order valence-electron chi connectivity index (χ4n) is 3.27. The SMILES string of the molecule is NC1c2ccccc2CCCC1Cc1ccc(F)c(Cl)c1. The molecule has 110 valence electrons. The van der Waals surface area contributed by atoms with Gasteiger partial charge in [0.1, 0.15) is 5.82 Å². The second kappa shape index (κ2) is 6.17. The predicted molar refractivity (Wildman–Crippen MR) is 84.9 cm³/mol. The minimum absolute atomic E-state index is 0.0347. The zero-order valence-electron chi connectivity index (χ0n) is 11.9. The molecule has 0 spiro atoms. The van der Waals surface area contributed by atoms with Crippen molar-refractivity contribution in [2.45, 2.75) is 31.7 Å². The van der Waals surface area contributed by atoms with Crippen LogP contribution in [0.4, 0.5) is 4.39 Å². The molecule has 0 fully saturated rings. The van der Waals surface area contributed by atoms with E-state index in [0.717, 1.165) is 31.2 Å². The Balaban J connectivity index is 1.84. The summed E-state index contributed by atoms with van der Waals surface area (Å²) < 4.78 is 13.3. The van der Waals surface area contributed by atoms with Crippen LogP contribution in [0.3, 0.4) is 0 Å². The van der Waals surface area contributed by atoms with Gasteiger partial charge in [-0.25, -0.2) is 4.39 Å². The second-order valence-corrected chi connectivity index (χ2v) is 6.24. The molecular formula is C18H19ClFN.